The van der Waals surface area contributed by atoms with E-state index in [9.17, 15) is 4.79 Å². The van der Waals surface area contributed by atoms with Crippen LogP contribution >= 0.6 is 27.5 Å². The number of carbonyl (C=O) groups excluding carboxylic acids is 1. The molecule has 0 atom stereocenters. The molecule has 1 aliphatic carbocycles. The molecule has 4 heteroatoms. The molecule has 0 radical (unpaired) electrons. The highest BCUT2D eigenvalue weighted by Crippen LogP contribution is 2.27. The third-order valence-electron chi connectivity index (χ3n) is 2.13. The van der Waals surface area contributed by atoms with Crippen LogP contribution in [-0.4, -0.2) is 10.8 Å². The Labute approximate surface area is 89.4 Å². The summed E-state index contributed by atoms with van der Waals surface area (Å²) in [6.45, 7) is 0. The molecule has 0 aliphatic heterocycles. The van der Waals surface area contributed by atoms with Crippen LogP contribution in [0.15, 0.2) is 10.7 Å². The van der Waals surface area contributed by atoms with E-state index >= 15 is 0 Å². The summed E-state index contributed by atoms with van der Waals surface area (Å²) in [5, 5.41) is 0.508. The predicted octanol–water partition coefficient (Wildman–Crippen LogP) is 3.02. The van der Waals surface area contributed by atoms with Crippen molar-refractivity contribution in [3.05, 3.63) is 26.9 Å². The molecule has 0 N–H and O–H groups in total. The molecule has 0 amide bonds. The number of halogens is 2. The van der Waals surface area contributed by atoms with Gasteiger partial charge in [-0.3, -0.25) is 4.79 Å². The van der Waals surface area contributed by atoms with Gasteiger partial charge in [0.25, 0.3) is 0 Å². The Morgan fingerprint density at radius 3 is 3.00 bits per heavy atom. The summed E-state index contributed by atoms with van der Waals surface area (Å²) in [6, 6.07) is 1.70. The second-order valence-electron chi connectivity index (χ2n) is 3.03. The summed E-state index contributed by atoms with van der Waals surface area (Å²) in [6.07, 6.45) is 2.39. The van der Waals surface area contributed by atoms with Crippen LogP contribution in [-0.2, 0) is 6.42 Å². The molecule has 13 heavy (non-hydrogen) atoms. The maximum absolute atomic E-state index is 11.4. The van der Waals surface area contributed by atoms with Gasteiger partial charge < -0.3 is 0 Å². The lowest BCUT2D eigenvalue weighted by Gasteiger charge is -2.13. The average molecular weight is 261 g/mol. The van der Waals surface area contributed by atoms with Crippen LogP contribution in [0.4, 0.5) is 0 Å². The molecule has 0 fully saturated rings. The molecular formula is C9H7BrClNO. The summed E-state index contributed by atoms with van der Waals surface area (Å²) in [5.41, 5.74) is 1.56. The Hall–Kier alpha value is -0.410. The molecule has 1 aliphatic rings. The topological polar surface area (TPSA) is 30.0 Å². The molecule has 68 valence electrons. The van der Waals surface area contributed by atoms with Crippen molar-refractivity contribution in [3.8, 4) is 0 Å². The molecule has 2 nitrogen and oxygen atoms in total. The molecule has 0 saturated carbocycles. The highest BCUT2D eigenvalue weighted by molar-refractivity contribution is 9.10. The SMILES string of the molecule is O=C1CCCc2nc(Br)c(Cl)cc21. The van der Waals surface area contributed by atoms with E-state index in [0.29, 0.717) is 21.6 Å². The van der Waals surface area contributed by atoms with Crippen molar-refractivity contribution in [1.29, 1.82) is 0 Å². The molecule has 1 aromatic heterocycles. The maximum atomic E-state index is 11.4. The Kier molecular flexibility index (Phi) is 2.39. The van der Waals surface area contributed by atoms with Gasteiger partial charge in [-0.1, -0.05) is 11.6 Å². The van der Waals surface area contributed by atoms with Gasteiger partial charge in [0, 0.05) is 12.0 Å². The summed E-state index contributed by atoms with van der Waals surface area (Å²) < 4.78 is 0.627. The fourth-order valence-electron chi connectivity index (χ4n) is 1.48. The molecule has 0 aromatic carbocycles. The Morgan fingerprint density at radius 1 is 1.46 bits per heavy atom. The van der Waals surface area contributed by atoms with Gasteiger partial charge in [0.05, 0.1) is 10.7 Å². The van der Waals surface area contributed by atoms with Crippen LogP contribution in [0.1, 0.15) is 28.9 Å². The van der Waals surface area contributed by atoms with E-state index in [1.807, 2.05) is 0 Å². The van der Waals surface area contributed by atoms with Gasteiger partial charge in [0.2, 0.25) is 0 Å². The molecule has 0 saturated heterocycles. The Bertz CT molecular complexity index is 378. The average Bonchev–Trinajstić information content (AvgIpc) is 2.09. The van der Waals surface area contributed by atoms with Crippen LogP contribution in [0, 0.1) is 0 Å². The number of nitrogens with zero attached hydrogens (tertiary/aromatic N) is 1. The van der Waals surface area contributed by atoms with E-state index in [0.717, 1.165) is 18.5 Å². The summed E-state index contributed by atoms with van der Waals surface area (Å²) in [7, 11) is 0. The Balaban J connectivity index is 2.58. The number of pyridine rings is 1. The van der Waals surface area contributed by atoms with Crippen molar-refractivity contribution in [3.63, 3.8) is 0 Å². The van der Waals surface area contributed by atoms with Crippen molar-refractivity contribution >= 4 is 33.3 Å². The fourth-order valence-corrected chi connectivity index (χ4v) is 1.96. The first-order valence-electron chi connectivity index (χ1n) is 4.06. The summed E-state index contributed by atoms with van der Waals surface area (Å²) >= 11 is 9.09. The molecule has 0 spiro atoms. The second kappa shape index (κ2) is 3.39. The first-order chi connectivity index (χ1) is 6.18. The number of aryl methyl sites for hydroxylation is 1. The minimum absolute atomic E-state index is 0.156. The molecule has 0 unspecified atom stereocenters. The summed E-state index contributed by atoms with van der Waals surface area (Å²) in [5.74, 6) is 0.156. The number of hydrogen-bond donors (Lipinski definition) is 0. The number of fused-ring (bicyclic) bond motifs is 1. The van der Waals surface area contributed by atoms with E-state index in [1.165, 1.54) is 0 Å². The second-order valence-corrected chi connectivity index (χ2v) is 4.19. The highest BCUT2D eigenvalue weighted by atomic mass is 79.9. The number of hydrogen-bond acceptors (Lipinski definition) is 2. The lowest BCUT2D eigenvalue weighted by atomic mass is 9.95. The molecular weight excluding hydrogens is 253 g/mol. The molecule has 1 heterocycles. The minimum Gasteiger partial charge on any atom is -0.294 e. The van der Waals surface area contributed by atoms with Crippen molar-refractivity contribution in [2.24, 2.45) is 0 Å². The van der Waals surface area contributed by atoms with Crippen LogP contribution < -0.4 is 0 Å². The maximum Gasteiger partial charge on any atom is 0.164 e. The van der Waals surface area contributed by atoms with Gasteiger partial charge in [-0.25, -0.2) is 4.98 Å². The smallest absolute Gasteiger partial charge is 0.164 e. The van der Waals surface area contributed by atoms with E-state index in [-0.39, 0.29) is 5.78 Å². The lowest BCUT2D eigenvalue weighted by Crippen LogP contribution is -2.12. The van der Waals surface area contributed by atoms with Crippen molar-refractivity contribution in [2.75, 3.05) is 0 Å². The van der Waals surface area contributed by atoms with Crippen LogP contribution in [0.25, 0.3) is 0 Å². The van der Waals surface area contributed by atoms with Crippen molar-refractivity contribution < 1.29 is 4.79 Å². The largest absolute Gasteiger partial charge is 0.294 e. The van der Waals surface area contributed by atoms with Crippen LogP contribution in [0.5, 0.6) is 0 Å². The lowest BCUT2D eigenvalue weighted by molar-refractivity contribution is 0.0971. The first-order valence-corrected chi connectivity index (χ1v) is 5.23. The first kappa shape index (κ1) is 9.16. The zero-order valence-electron chi connectivity index (χ0n) is 6.81. The van der Waals surface area contributed by atoms with Gasteiger partial charge in [-0.05, 0) is 34.8 Å². The van der Waals surface area contributed by atoms with Crippen molar-refractivity contribution in [1.82, 2.24) is 4.98 Å². The number of carbonyl (C=O) groups is 1. The quantitative estimate of drug-likeness (QED) is 0.671. The molecule has 2 rings (SSSR count). The highest BCUT2D eigenvalue weighted by Gasteiger charge is 2.19. The third kappa shape index (κ3) is 1.63. The van der Waals surface area contributed by atoms with E-state index in [4.69, 9.17) is 11.6 Å². The Morgan fingerprint density at radius 2 is 2.23 bits per heavy atom. The van der Waals surface area contributed by atoms with Gasteiger partial charge in [-0.2, -0.15) is 0 Å². The minimum atomic E-state index is 0.156. The van der Waals surface area contributed by atoms with E-state index < -0.39 is 0 Å². The fraction of sp³-hybridized carbons (Fsp3) is 0.333. The van der Waals surface area contributed by atoms with Gasteiger partial charge >= 0.3 is 0 Å². The molecule has 0 bridgehead atoms. The zero-order valence-corrected chi connectivity index (χ0v) is 9.15. The van der Waals surface area contributed by atoms with Crippen LogP contribution in [0.3, 0.4) is 0 Å². The number of ketones is 1. The van der Waals surface area contributed by atoms with Gasteiger partial charge in [0.1, 0.15) is 4.60 Å². The van der Waals surface area contributed by atoms with Gasteiger partial charge in [-0.15, -0.1) is 0 Å². The third-order valence-corrected chi connectivity index (χ3v) is 3.25. The predicted molar refractivity (Wildman–Crippen MR) is 54.2 cm³/mol. The number of rotatable bonds is 0. The van der Waals surface area contributed by atoms with Gasteiger partial charge in [0.15, 0.2) is 5.78 Å². The molecule has 1 aromatic rings. The zero-order chi connectivity index (χ0) is 9.42. The summed E-state index contributed by atoms with van der Waals surface area (Å²) in [4.78, 5) is 15.7. The van der Waals surface area contributed by atoms with E-state index in [1.54, 1.807) is 6.07 Å². The van der Waals surface area contributed by atoms with E-state index in [2.05, 4.69) is 20.9 Å². The van der Waals surface area contributed by atoms with Crippen molar-refractivity contribution in [2.45, 2.75) is 19.3 Å². The van der Waals surface area contributed by atoms with Crippen LogP contribution in [0.2, 0.25) is 5.02 Å². The monoisotopic (exact) mass is 259 g/mol. The number of Topliss-reactive ketones (excluding diaryl/α,β-unsaturated/α-hetero) is 1. The standard InChI is InChI=1S/C9H7BrClNO/c10-9-6(11)4-5-7(12-9)2-1-3-8(5)13/h4H,1-3H2. The normalized spacial score (nSPS) is 15.7. The number of aromatic nitrogens is 1.